The Morgan fingerprint density at radius 2 is 1.95 bits per heavy atom. The molecule has 0 saturated heterocycles. The van der Waals surface area contributed by atoms with Crippen molar-refractivity contribution in [3.8, 4) is 0 Å². The molecule has 0 saturated carbocycles. The van der Waals surface area contributed by atoms with Crippen LogP contribution in [-0.2, 0) is 14.4 Å². The third-order valence-corrected chi connectivity index (χ3v) is 3.37. The molecule has 0 spiro atoms. The zero-order valence-corrected chi connectivity index (χ0v) is 13.8. The molecule has 0 aliphatic heterocycles. The zero-order chi connectivity index (χ0) is 17.8. The van der Waals surface area contributed by atoms with Crippen LogP contribution in [0.1, 0.15) is 26.7 Å². The van der Waals surface area contributed by atoms with Crippen LogP contribution in [0.3, 0.4) is 0 Å². The van der Waals surface area contributed by atoms with E-state index in [2.05, 4.69) is 15.3 Å². The fraction of sp³-hybridized carbons (Fsp3) is 0.667. The maximum Gasteiger partial charge on any atom is 0.433 e. The second-order valence-electron chi connectivity index (χ2n) is 4.55. The molecule has 0 aliphatic rings. The van der Waals surface area contributed by atoms with Gasteiger partial charge in [0.1, 0.15) is 6.04 Å². The first-order chi connectivity index (χ1) is 10.1. The van der Waals surface area contributed by atoms with E-state index in [0.29, 0.717) is 0 Å². The monoisotopic (exact) mass is 337 g/mol. The summed E-state index contributed by atoms with van der Waals surface area (Å²) in [6.07, 6.45) is 2.78. The number of nitrogens with zero attached hydrogens (tertiary/aromatic N) is 1. The van der Waals surface area contributed by atoms with Gasteiger partial charge in [-0.3, -0.25) is 14.4 Å². The number of amides is 1. The predicted molar refractivity (Wildman–Crippen MR) is 84.1 cm³/mol. The van der Waals surface area contributed by atoms with E-state index in [9.17, 15) is 14.4 Å². The average Bonchev–Trinajstić information content (AvgIpc) is 2.44. The molecule has 0 radical (unpaired) electrons. The molecule has 0 fully saturated rings. The highest BCUT2D eigenvalue weighted by molar-refractivity contribution is 8.00. The molecule has 0 rings (SSSR count). The number of carboxylic acids is 2. The Morgan fingerprint density at radius 3 is 2.32 bits per heavy atom. The van der Waals surface area contributed by atoms with Crippen LogP contribution in [0.4, 0.5) is 4.79 Å². The van der Waals surface area contributed by atoms with Gasteiger partial charge in [-0.05, 0) is 26.5 Å². The first-order valence-electron chi connectivity index (χ1n) is 6.24. The lowest BCUT2D eigenvalue weighted by molar-refractivity contribution is -0.139. The zero-order valence-electron chi connectivity index (χ0n) is 13.0. The van der Waals surface area contributed by atoms with Gasteiger partial charge in [0.25, 0.3) is 0 Å². The number of hydrogen-bond acceptors (Lipinski definition) is 7. The normalized spacial score (nSPS) is 12.0. The lowest BCUT2D eigenvalue weighted by atomic mass is 10.2. The van der Waals surface area contributed by atoms with E-state index in [-0.39, 0.29) is 17.6 Å². The van der Waals surface area contributed by atoms with Crippen molar-refractivity contribution < 1.29 is 29.4 Å². The third-order valence-electron chi connectivity index (χ3n) is 2.22. The molecule has 128 valence electrons. The highest BCUT2D eigenvalue weighted by Gasteiger charge is 2.13. The number of nitrogens with two attached hydrogens (primary N) is 1. The lowest BCUT2D eigenvalue weighted by Gasteiger charge is -2.13. The Bertz CT molecular complexity index is 400. The molecule has 1 atom stereocenters. The number of hydrogen-bond donors (Lipinski definition) is 4. The van der Waals surface area contributed by atoms with E-state index in [1.165, 1.54) is 7.05 Å². The first kappa shape index (κ1) is 22.5. The van der Waals surface area contributed by atoms with Crippen molar-refractivity contribution in [1.29, 1.82) is 0 Å². The summed E-state index contributed by atoms with van der Waals surface area (Å²) in [5, 5.41) is 22.1. The third kappa shape index (κ3) is 14.6. The summed E-state index contributed by atoms with van der Waals surface area (Å²) in [5.74, 6) is -2.20. The molecule has 10 heteroatoms. The molecular weight excluding hydrogens is 314 g/mol. The van der Waals surface area contributed by atoms with E-state index < -0.39 is 24.1 Å². The number of thioether (sulfide) groups is 1. The van der Waals surface area contributed by atoms with Crippen molar-refractivity contribution in [3.05, 3.63) is 0 Å². The Hall–Kier alpha value is -1.81. The maximum atomic E-state index is 10.5. The highest BCUT2D eigenvalue weighted by Crippen LogP contribution is 2.17. The second-order valence-corrected chi connectivity index (χ2v) is 6.01. The van der Waals surface area contributed by atoms with Crippen molar-refractivity contribution in [2.75, 3.05) is 13.3 Å². The maximum absolute atomic E-state index is 10.5. The molecule has 5 N–H and O–H groups in total. The number of carbonyl (C=O) groups is 3. The van der Waals surface area contributed by atoms with Gasteiger partial charge in [-0.1, -0.05) is 5.16 Å². The minimum atomic E-state index is -1.17. The van der Waals surface area contributed by atoms with Gasteiger partial charge in [0.05, 0.1) is 6.21 Å². The van der Waals surface area contributed by atoms with Crippen LogP contribution in [0.2, 0.25) is 0 Å². The summed E-state index contributed by atoms with van der Waals surface area (Å²) in [6, 6.07) is -1.06. The van der Waals surface area contributed by atoms with Crippen LogP contribution < -0.4 is 11.1 Å². The first-order valence-corrected chi connectivity index (χ1v) is 7.46. The number of carboxylic acid groups (broad SMARTS) is 2. The van der Waals surface area contributed by atoms with Crippen molar-refractivity contribution in [2.24, 2.45) is 10.9 Å². The van der Waals surface area contributed by atoms with E-state index in [1.807, 2.05) is 20.1 Å². The second kappa shape index (κ2) is 11.8. The topological polar surface area (TPSA) is 151 Å². The molecule has 0 aromatic rings. The average molecular weight is 337 g/mol. The number of rotatable bonds is 7. The van der Waals surface area contributed by atoms with Gasteiger partial charge in [0.2, 0.25) is 0 Å². The smallest absolute Gasteiger partial charge is 0.433 e. The van der Waals surface area contributed by atoms with Gasteiger partial charge in [0.15, 0.2) is 0 Å². The van der Waals surface area contributed by atoms with Crippen LogP contribution in [0.15, 0.2) is 5.16 Å². The lowest BCUT2D eigenvalue weighted by Crippen LogP contribution is -2.30. The van der Waals surface area contributed by atoms with Crippen LogP contribution >= 0.6 is 11.8 Å². The Labute approximate surface area is 133 Å². The molecule has 22 heavy (non-hydrogen) atoms. The molecule has 1 amide bonds. The molecule has 1 unspecified atom stereocenters. The Morgan fingerprint density at radius 1 is 1.41 bits per heavy atom. The van der Waals surface area contributed by atoms with Gasteiger partial charge in [0, 0.05) is 18.2 Å². The summed E-state index contributed by atoms with van der Waals surface area (Å²) in [4.78, 5) is 34.8. The number of carbonyl (C=O) groups excluding carboxylic acids is 1. The van der Waals surface area contributed by atoms with E-state index in [1.54, 1.807) is 18.0 Å². The van der Waals surface area contributed by atoms with Gasteiger partial charge < -0.3 is 21.3 Å². The van der Waals surface area contributed by atoms with E-state index in [4.69, 9.17) is 15.9 Å². The molecule has 0 aliphatic carbocycles. The fourth-order valence-corrected chi connectivity index (χ4v) is 0.850. The SMILES string of the molecule is CNC(=O)O/N=C/C(C)(C)SC.NC(CCC(=O)O)C(=O)O. The minimum absolute atomic E-state index is 0.0231. The van der Waals surface area contributed by atoms with Gasteiger partial charge in [-0.25, -0.2) is 4.79 Å². The molecule has 0 aromatic heterocycles. The molecule has 9 nitrogen and oxygen atoms in total. The van der Waals surface area contributed by atoms with Gasteiger partial charge >= 0.3 is 18.0 Å². The van der Waals surface area contributed by atoms with Crippen molar-refractivity contribution in [2.45, 2.75) is 37.5 Å². The summed E-state index contributed by atoms with van der Waals surface area (Å²) >= 11 is 1.63. The Kier molecular flexibility index (Phi) is 12.1. The van der Waals surface area contributed by atoms with Crippen LogP contribution in [-0.4, -0.2) is 58.6 Å². The molecule has 0 aromatic carbocycles. The van der Waals surface area contributed by atoms with Crippen molar-refractivity contribution >= 4 is 36.0 Å². The number of nitrogens with one attached hydrogen (secondary N) is 1. The molecule has 0 heterocycles. The van der Waals surface area contributed by atoms with Crippen LogP contribution in [0.5, 0.6) is 0 Å². The summed E-state index contributed by atoms with van der Waals surface area (Å²) in [7, 11) is 1.48. The predicted octanol–water partition coefficient (Wildman–Crippen LogP) is 0.733. The number of oxime groups is 1. The standard InChI is InChI=1S/C7H14N2O2S.C5H9NO4/c1-7(2,12-4)5-9-11-6(10)8-3;6-3(5(9)10)1-2-4(7)8/h5H,1-4H3,(H,8,10);3H,1-2,6H2,(H,7,8)(H,9,10)/b9-5+;. The highest BCUT2D eigenvalue weighted by atomic mass is 32.2. The summed E-state index contributed by atoms with van der Waals surface area (Å²) < 4.78 is -0.103. The largest absolute Gasteiger partial charge is 0.481 e. The van der Waals surface area contributed by atoms with Gasteiger partial charge in [-0.2, -0.15) is 11.8 Å². The van der Waals surface area contributed by atoms with E-state index >= 15 is 0 Å². The van der Waals surface area contributed by atoms with Crippen LogP contribution in [0.25, 0.3) is 0 Å². The Balaban J connectivity index is 0. The summed E-state index contributed by atoms with van der Waals surface area (Å²) in [5.41, 5.74) is 5.00. The van der Waals surface area contributed by atoms with Crippen molar-refractivity contribution in [1.82, 2.24) is 5.32 Å². The fourth-order valence-electron chi connectivity index (χ4n) is 0.702. The van der Waals surface area contributed by atoms with Crippen LogP contribution in [0, 0.1) is 0 Å². The number of aliphatic carboxylic acids is 2. The molecule has 0 bridgehead atoms. The van der Waals surface area contributed by atoms with Gasteiger partial charge in [-0.15, -0.1) is 0 Å². The van der Waals surface area contributed by atoms with E-state index in [0.717, 1.165) is 0 Å². The quantitative estimate of drug-likeness (QED) is 0.301. The van der Waals surface area contributed by atoms with Crippen molar-refractivity contribution in [3.63, 3.8) is 0 Å². The molecular formula is C12H23N3O6S. The minimum Gasteiger partial charge on any atom is -0.481 e. The summed E-state index contributed by atoms with van der Waals surface area (Å²) in [6.45, 7) is 3.96.